The van der Waals surface area contributed by atoms with Crippen molar-refractivity contribution in [2.45, 2.75) is 39.2 Å². The maximum Gasteiger partial charge on any atom is 0.273 e. The molecule has 2 fully saturated rings. The van der Waals surface area contributed by atoms with Crippen LogP contribution in [0.4, 0.5) is 0 Å². The van der Waals surface area contributed by atoms with E-state index in [2.05, 4.69) is 16.8 Å². The first-order valence-corrected chi connectivity index (χ1v) is 9.69. The van der Waals surface area contributed by atoms with E-state index >= 15 is 0 Å². The highest BCUT2D eigenvalue weighted by Gasteiger charge is 2.27. The molecule has 0 bridgehead atoms. The Hall–Kier alpha value is -0.980. The van der Waals surface area contributed by atoms with Gasteiger partial charge in [-0.05, 0) is 50.6 Å². The average molecular weight is 337 g/mol. The van der Waals surface area contributed by atoms with E-state index < -0.39 is 0 Å². The van der Waals surface area contributed by atoms with E-state index in [1.54, 1.807) is 0 Å². The summed E-state index contributed by atoms with van der Waals surface area (Å²) in [6.07, 6.45) is 4.97. The number of amides is 1. The molecule has 2 saturated heterocycles. The summed E-state index contributed by atoms with van der Waals surface area (Å²) in [5.41, 5.74) is 6.17. The largest absolute Gasteiger partial charge is 0.337 e. The Kier molecular flexibility index (Phi) is 5.67. The summed E-state index contributed by atoms with van der Waals surface area (Å²) in [6, 6.07) is 0. The Morgan fingerprint density at radius 1 is 1.35 bits per heavy atom. The van der Waals surface area contributed by atoms with Crippen LogP contribution in [-0.4, -0.2) is 53.4 Å². The van der Waals surface area contributed by atoms with E-state index in [-0.39, 0.29) is 5.91 Å². The second-order valence-electron chi connectivity index (χ2n) is 7.07. The topological polar surface area (TPSA) is 62.5 Å². The van der Waals surface area contributed by atoms with Crippen molar-refractivity contribution >= 4 is 17.2 Å². The summed E-state index contributed by atoms with van der Waals surface area (Å²) in [5.74, 6) is 1.56. The van der Waals surface area contributed by atoms with Gasteiger partial charge in [-0.25, -0.2) is 4.98 Å². The zero-order chi connectivity index (χ0) is 16.2. The van der Waals surface area contributed by atoms with Gasteiger partial charge in [0.15, 0.2) is 0 Å². The van der Waals surface area contributed by atoms with E-state index in [1.165, 1.54) is 43.7 Å². The molecular formula is C17H28N4OS. The minimum absolute atomic E-state index is 0.0814. The number of rotatable bonds is 4. The van der Waals surface area contributed by atoms with Crippen LogP contribution in [0.25, 0.3) is 0 Å². The number of likely N-dealkylation sites (tertiary alicyclic amines) is 2. The van der Waals surface area contributed by atoms with Crippen LogP contribution < -0.4 is 5.73 Å². The minimum Gasteiger partial charge on any atom is -0.337 e. The van der Waals surface area contributed by atoms with Gasteiger partial charge in [-0.1, -0.05) is 6.92 Å². The predicted molar refractivity (Wildman–Crippen MR) is 93.5 cm³/mol. The predicted octanol–water partition coefficient (Wildman–Crippen LogP) is 2.19. The van der Waals surface area contributed by atoms with E-state index in [4.69, 9.17) is 5.73 Å². The number of nitrogens with zero attached hydrogens (tertiary/aromatic N) is 3. The zero-order valence-electron chi connectivity index (χ0n) is 14.0. The molecule has 128 valence electrons. The molecule has 2 N–H and O–H groups in total. The van der Waals surface area contributed by atoms with Crippen molar-refractivity contribution in [3.05, 3.63) is 16.1 Å². The summed E-state index contributed by atoms with van der Waals surface area (Å²) in [7, 11) is 0. The third-order valence-electron chi connectivity index (χ3n) is 5.14. The molecule has 0 spiro atoms. The maximum absolute atomic E-state index is 12.6. The Morgan fingerprint density at radius 2 is 2.13 bits per heavy atom. The Balaban J connectivity index is 1.54. The molecule has 0 radical (unpaired) electrons. The van der Waals surface area contributed by atoms with Crippen molar-refractivity contribution in [1.82, 2.24) is 14.8 Å². The second kappa shape index (κ2) is 7.73. The van der Waals surface area contributed by atoms with Crippen LogP contribution in [0, 0.1) is 11.8 Å². The number of carbonyl (C=O) groups excluding carboxylic acids is 1. The molecule has 23 heavy (non-hydrogen) atoms. The normalized spacial score (nSPS) is 24.1. The van der Waals surface area contributed by atoms with Gasteiger partial charge in [0.1, 0.15) is 10.7 Å². The molecule has 3 rings (SSSR count). The quantitative estimate of drug-likeness (QED) is 0.915. The lowest BCUT2D eigenvalue weighted by molar-refractivity contribution is 0.0617. The number of thiazole rings is 1. The maximum atomic E-state index is 12.6. The van der Waals surface area contributed by atoms with Gasteiger partial charge in [-0.3, -0.25) is 4.79 Å². The highest BCUT2D eigenvalue weighted by atomic mass is 32.1. The van der Waals surface area contributed by atoms with E-state index in [1.807, 2.05) is 10.3 Å². The van der Waals surface area contributed by atoms with Crippen LogP contribution in [0.2, 0.25) is 0 Å². The number of hydrogen-bond acceptors (Lipinski definition) is 5. The van der Waals surface area contributed by atoms with Gasteiger partial charge in [-0.2, -0.15) is 0 Å². The van der Waals surface area contributed by atoms with Gasteiger partial charge in [0.05, 0.1) is 0 Å². The Bertz CT molecular complexity index is 524. The highest BCUT2D eigenvalue weighted by molar-refractivity contribution is 7.09. The lowest BCUT2D eigenvalue weighted by Crippen LogP contribution is -2.45. The third-order valence-corrected chi connectivity index (χ3v) is 6.02. The van der Waals surface area contributed by atoms with Crippen molar-refractivity contribution in [3.8, 4) is 0 Å². The number of aromatic nitrogens is 1. The van der Waals surface area contributed by atoms with Crippen molar-refractivity contribution in [1.29, 1.82) is 0 Å². The van der Waals surface area contributed by atoms with Crippen molar-refractivity contribution < 1.29 is 4.79 Å². The second-order valence-corrected chi connectivity index (χ2v) is 8.02. The third kappa shape index (κ3) is 4.31. The number of nitrogens with two attached hydrogens (primary N) is 1. The van der Waals surface area contributed by atoms with E-state index in [0.29, 0.717) is 18.2 Å². The molecule has 2 aliphatic heterocycles. The van der Waals surface area contributed by atoms with Crippen LogP contribution >= 0.6 is 11.3 Å². The summed E-state index contributed by atoms with van der Waals surface area (Å²) in [4.78, 5) is 21.6. The van der Waals surface area contributed by atoms with Gasteiger partial charge in [0.2, 0.25) is 0 Å². The monoisotopic (exact) mass is 336 g/mol. The van der Waals surface area contributed by atoms with Crippen LogP contribution in [0.5, 0.6) is 0 Å². The number of hydrogen-bond donors (Lipinski definition) is 1. The van der Waals surface area contributed by atoms with Gasteiger partial charge in [0, 0.05) is 31.6 Å². The van der Waals surface area contributed by atoms with Crippen LogP contribution in [0.1, 0.15) is 48.1 Å². The fourth-order valence-electron chi connectivity index (χ4n) is 3.67. The van der Waals surface area contributed by atoms with E-state index in [0.717, 1.165) is 37.0 Å². The fourth-order valence-corrected chi connectivity index (χ4v) is 4.32. The SMILES string of the molecule is CC1CCN(CC2CCCN(C(=O)c3csc(CN)n3)C2)CC1. The lowest BCUT2D eigenvalue weighted by atomic mass is 9.94. The van der Waals surface area contributed by atoms with Gasteiger partial charge in [-0.15, -0.1) is 11.3 Å². The van der Waals surface area contributed by atoms with Crippen molar-refractivity contribution in [2.75, 3.05) is 32.7 Å². The number of piperidine rings is 2. The molecule has 0 aliphatic carbocycles. The first-order valence-electron chi connectivity index (χ1n) is 8.81. The molecule has 5 nitrogen and oxygen atoms in total. The zero-order valence-corrected chi connectivity index (χ0v) is 14.9. The van der Waals surface area contributed by atoms with Crippen molar-refractivity contribution in [3.63, 3.8) is 0 Å². The molecule has 0 aromatic carbocycles. The molecule has 1 aromatic heterocycles. The molecule has 3 heterocycles. The minimum atomic E-state index is 0.0814. The first-order chi connectivity index (χ1) is 11.2. The van der Waals surface area contributed by atoms with Crippen LogP contribution in [-0.2, 0) is 6.54 Å². The summed E-state index contributed by atoms with van der Waals surface area (Å²) >= 11 is 1.48. The van der Waals surface area contributed by atoms with Gasteiger partial charge >= 0.3 is 0 Å². The Labute approximate surface area is 142 Å². The molecule has 1 atom stereocenters. The smallest absolute Gasteiger partial charge is 0.273 e. The molecule has 1 aromatic rings. The van der Waals surface area contributed by atoms with Crippen LogP contribution in [0.3, 0.4) is 0 Å². The first kappa shape index (κ1) is 16.9. The molecule has 1 unspecified atom stereocenters. The summed E-state index contributed by atoms with van der Waals surface area (Å²) in [5, 5.41) is 2.68. The Morgan fingerprint density at radius 3 is 2.83 bits per heavy atom. The van der Waals surface area contributed by atoms with E-state index in [9.17, 15) is 4.79 Å². The number of carbonyl (C=O) groups is 1. The summed E-state index contributed by atoms with van der Waals surface area (Å²) < 4.78 is 0. The van der Waals surface area contributed by atoms with Crippen molar-refractivity contribution in [2.24, 2.45) is 17.6 Å². The average Bonchev–Trinajstić information content (AvgIpc) is 3.06. The van der Waals surface area contributed by atoms with Crippen LogP contribution in [0.15, 0.2) is 5.38 Å². The standard InChI is InChI=1S/C17H28N4OS/c1-13-4-7-20(8-5-13)10-14-3-2-6-21(11-14)17(22)15-12-23-16(9-18)19-15/h12-14H,2-11,18H2,1H3. The highest BCUT2D eigenvalue weighted by Crippen LogP contribution is 2.23. The van der Waals surface area contributed by atoms with Gasteiger partial charge in [0.25, 0.3) is 5.91 Å². The fraction of sp³-hybridized carbons (Fsp3) is 0.765. The molecule has 2 aliphatic rings. The summed E-state index contributed by atoms with van der Waals surface area (Å²) in [6.45, 7) is 8.08. The van der Waals surface area contributed by atoms with Gasteiger partial charge < -0.3 is 15.5 Å². The molecule has 6 heteroatoms. The molecule has 0 saturated carbocycles. The molecule has 1 amide bonds. The lowest BCUT2D eigenvalue weighted by Gasteiger charge is -2.37. The molecular weight excluding hydrogens is 308 g/mol.